The Bertz CT molecular complexity index is 441. The smallest absolute Gasteiger partial charge is 0.320 e. The number of carboxylic acids is 1. The number of hydrogen-bond acceptors (Lipinski definition) is 3. The zero-order chi connectivity index (χ0) is 13.2. The second-order valence-electron chi connectivity index (χ2n) is 3.96. The first-order chi connectivity index (χ1) is 7.82. The van der Waals surface area contributed by atoms with Gasteiger partial charge in [-0.25, -0.2) is 4.79 Å². The van der Waals surface area contributed by atoms with Crippen LogP contribution in [-0.2, 0) is 11.8 Å². The standard InChI is InChI=1S/C10H16N4O3/c1-6(9(15)16)5-14(10(11)17)8-4-7(2)12-13(8)3/h4,6H,5H2,1-3H3,(H2,11,17)(H,15,16). The number of rotatable bonds is 4. The van der Waals surface area contributed by atoms with E-state index in [4.69, 9.17) is 10.8 Å². The number of amides is 2. The molecule has 3 N–H and O–H groups in total. The Morgan fingerprint density at radius 3 is 2.59 bits per heavy atom. The van der Waals surface area contributed by atoms with Crippen molar-refractivity contribution in [1.29, 1.82) is 0 Å². The summed E-state index contributed by atoms with van der Waals surface area (Å²) in [4.78, 5) is 23.3. The van der Waals surface area contributed by atoms with Crippen molar-refractivity contribution >= 4 is 17.8 Å². The van der Waals surface area contributed by atoms with Crippen LogP contribution >= 0.6 is 0 Å². The maximum absolute atomic E-state index is 11.3. The van der Waals surface area contributed by atoms with Crippen molar-refractivity contribution < 1.29 is 14.7 Å². The van der Waals surface area contributed by atoms with E-state index in [9.17, 15) is 9.59 Å². The van der Waals surface area contributed by atoms with Gasteiger partial charge in [0, 0.05) is 19.7 Å². The lowest BCUT2D eigenvalue weighted by Crippen LogP contribution is -2.41. The number of aryl methyl sites for hydroxylation is 2. The van der Waals surface area contributed by atoms with E-state index in [-0.39, 0.29) is 6.54 Å². The molecule has 7 heteroatoms. The number of nitrogens with zero attached hydrogens (tertiary/aromatic N) is 3. The third kappa shape index (κ3) is 2.96. The van der Waals surface area contributed by atoms with Crippen molar-refractivity contribution in [2.45, 2.75) is 13.8 Å². The Balaban J connectivity index is 2.98. The fourth-order valence-electron chi connectivity index (χ4n) is 1.50. The summed E-state index contributed by atoms with van der Waals surface area (Å²) in [6.07, 6.45) is 0. The number of aromatic nitrogens is 2. The van der Waals surface area contributed by atoms with Crippen molar-refractivity contribution in [1.82, 2.24) is 9.78 Å². The minimum absolute atomic E-state index is 0.0175. The second-order valence-corrected chi connectivity index (χ2v) is 3.96. The topological polar surface area (TPSA) is 101 Å². The molecule has 94 valence electrons. The maximum Gasteiger partial charge on any atom is 0.320 e. The number of nitrogens with two attached hydrogens (primary N) is 1. The Labute approximate surface area is 98.8 Å². The molecule has 1 heterocycles. The Morgan fingerprint density at radius 1 is 1.65 bits per heavy atom. The van der Waals surface area contributed by atoms with E-state index in [1.54, 1.807) is 20.0 Å². The summed E-state index contributed by atoms with van der Waals surface area (Å²) in [5.74, 6) is -1.18. The summed E-state index contributed by atoms with van der Waals surface area (Å²) in [6, 6.07) is 0.986. The molecule has 0 fully saturated rings. The molecule has 0 radical (unpaired) electrons. The Kier molecular flexibility index (Phi) is 3.72. The van der Waals surface area contributed by atoms with Crippen molar-refractivity contribution in [3.05, 3.63) is 11.8 Å². The molecule has 1 atom stereocenters. The lowest BCUT2D eigenvalue weighted by molar-refractivity contribution is -0.140. The van der Waals surface area contributed by atoms with E-state index >= 15 is 0 Å². The normalized spacial score (nSPS) is 12.2. The summed E-state index contributed by atoms with van der Waals surface area (Å²) in [7, 11) is 1.67. The zero-order valence-electron chi connectivity index (χ0n) is 10.0. The molecule has 17 heavy (non-hydrogen) atoms. The summed E-state index contributed by atoms with van der Waals surface area (Å²) in [5.41, 5.74) is 5.98. The monoisotopic (exact) mass is 240 g/mol. The SMILES string of the molecule is Cc1cc(N(CC(C)C(=O)O)C(N)=O)n(C)n1. The summed E-state index contributed by atoms with van der Waals surface area (Å²) >= 11 is 0. The number of hydrogen-bond donors (Lipinski definition) is 2. The zero-order valence-corrected chi connectivity index (χ0v) is 10.0. The average molecular weight is 240 g/mol. The van der Waals surface area contributed by atoms with Crippen LogP contribution in [-0.4, -0.2) is 33.4 Å². The highest BCUT2D eigenvalue weighted by molar-refractivity contribution is 5.90. The highest BCUT2D eigenvalue weighted by Crippen LogP contribution is 2.16. The number of carboxylic acid groups (broad SMARTS) is 1. The molecule has 0 aliphatic carbocycles. The third-order valence-electron chi connectivity index (χ3n) is 2.40. The van der Waals surface area contributed by atoms with Gasteiger partial charge in [0.2, 0.25) is 0 Å². The molecule has 0 aliphatic heterocycles. The quantitative estimate of drug-likeness (QED) is 0.791. The number of urea groups is 1. The Morgan fingerprint density at radius 2 is 2.24 bits per heavy atom. The molecule has 1 unspecified atom stereocenters. The molecule has 0 bridgehead atoms. The highest BCUT2D eigenvalue weighted by Gasteiger charge is 2.22. The van der Waals surface area contributed by atoms with Crippen LogP contribution in [0.1, 0.15) is 12.6 Å². The number of aliphatic carboxylic acids is 1. The predicted octanol–water partition coefficient (Wildman–Crippen LogP) is 0.334. The van der Waals surface area contributed by atoms with Crippen molar-refractivity contribution in [2.24, 2.45) is 18.7 Å². The van der Waals surface area contributed by atoms with Gasteiger partial charge in [0.1, 0.15) is 5.82 Å². The van der Waals surface area contributed by atoms with Gasteiger partial charge in [-0.1, -0.05) is 6.92 Å². The van der Waals surface area contributed by atoms with E-state index in [2.05, 4.69) is 5.10 Å². The highest BCUT2D eigenvalue weighted by atomic mass is 16.4. The van der Waals surface area contributed by atoms with Gasteiger partial charge < -0.3 is 10.8 Å². The van der Waals surface area contributed by atoms with Crippen molar-refractivity contribution in [3.8, 4) is 0 Å². The lowest BCUT2D eigenvalue weighted by Gasteiger charge is -2.21. The minimum Gasteiger partial charge on any atom is -0.481 e. The molecule has 0 saturated carbocycles. The first kappa shape index (κ1) is 13.0. The molecule has 2 amide bonds. The van der Waals surface area contributed by atoms with Gasteiger partial charge in [-0.15, -0.1) is 0 Å². The van der Waals surface area contributed by atoms with E-state index in [1.165, 1.54) is 16.5 Å². The molecule has 0 aliphatic rings. The fraction of sp³-hybridized carbons (Fsp3) is 0.500. The third-order valence-corrected chi connectivity index (χ3v) is 2.40. The van der Waals surface area contributed by atoms with Crippen molar-refractivity contribution in [2.75, 3.05) is 11.4 Å². The van der Waals surface area contributed by atoms with Crippen LogP contribution in [0.5, 0.6) is 0 Å². The molecule has 1 rings (SSSR count). The van der Waals surface area contributed by atoms with Crippen LogP contribution in [0.25, 0.3) is 0 Å². The first-order valence-electron chi connectivity index (χ1n) is 5.13. The van der Waals surface area contributed by atoms with Gasteiger partial charge in [-0.05, 0) is 6.92 Å². The van der Waals surface area contributed by atoms with E-state index in [1.807, 2.05) is 0 Å². The number of anilines is 1. The molecular formula is C10H16N4O3. The number of carbonyl (C=O) groups is 2. The van der Waals surface area contributed by atoms with Crippen LogP contribution in [0, 0.1) is 12.8 Å². The predicted molar refractivity (Wildman–Crippen MR) is 61.7 cm³/mol. The fourth-order valence-corrected chi connectivity index (χ4v) is 1.50. The summed E-state index contributed by atoms with van der Waals surface area (Å²) < 4.78 is 1.49. The Hall–Kier alpha value is -2.05. The molecular weight excluding hydrogens is 224 g/mol. The molecule has 0 saturated heterocycles. The van der Waals surface area contributed by atoms with Gasteiger partial charge in [0.15, 0.2) is 0 Å². The van der Waals surface area contributed by atoms with Crippen LogP contribution < -0.4 is 10.6 Å². The molecule has 1 aromatic rings. The molecule has 7 nitrogen and oxygen atoms in total. The number of carbonyl (C=O) groups excluding carboxylic acids is 1. The second kappa shape index (κ2) is 4.86. The average Bonchev–Trinajstić information content (AvgIpc) is 2.53. The lowest BCUT2D eigenvalue weighted by atomic mass is 10.2. The van der Waals surface area contributed by atoms with Crippen molar-refractivity contribution in [3.63, 3.8) is 0 Å². The summed E-state index contributed by atoms with van der Waals surface area (Å²) in [5, 5.41) is 12.9. The maximum atomic E-state index is 11.3. The van der Waals surface area contributed by atoms with E-state index < -0.39 is 17.9 Å². The van der Waals surface area contributed by atoms with Crippen LogP contribution in [0.4, 0.5) is 10.6 Å². The minimum atomic E-state index is -0.977. The molecule has 0 spiro atoms. The van der Waals surface area contributed by atoms with Gasteiger partial charge in [-0.2, -0.15) is 5.10 Å². The molecule has 1 aromatic heterocycles. The number of primary amides is 1. The van der Waals surface area contributed by atoms with Crippen LogP contribution in [0.3, 0.4) is 0 Å². The molecule has 0 aromatic carbocycles. The largest absolute Gasteiger partial charge is 0.481 e. The first-order valence-corrected chi connectivity index (χ1v) is 5.13. The van der Waals surface area contributed by atoms with E-state index in [0.29, 0.717) is 5.82 Å². The summed E-state index contributed by atoms with van der Waals surface area (Å²) in [6.45, 7) is 3.31. The van der Waals surface area contributed by atoms with Gasteiger partial charge >= 0.3 is 12.0 Å². The van der Waals surface area contributed by atoms with Gasteiger partial charge in [0.05, 0.1) is 11.6 Å². The van der Waals surface area contributed by atoms with Crippen LogP contribution in [0.15, 0.2) is 6.07 Å². The van der Waals surface area contributed by atoms with Crippen LogP contribution in [0.2, 0.25) is 0 Å². The van der Waals surface area contributed by atoms with Gasteiger partial charge in [0.25, 0.3) is 0 Å². The van der Waals surface area contributed by atoms with Gasteiger partial charge in [-0.3, -0.25) is 14.4 Å². The van der Waals surface area contributed by atoms with E-state index in [0.717, 1.165) is 5.69 Å².